The van der Waals surface area contributed by atoms with Crippen LogP contribution in [0, 0.1) is 0 Å². The highest BCUT2D eigenvalue weighted by molar-refractivity contribution is 6.34. The minimum absolute atomic E-state index is 0.00786. The number of rotatable bonds is 7. The lowest BCUT2D eigenvalue weighted by molar-refractivity contribution is -0.136. The first-order chi connectivity index (χ1) is 12.5. The largest absolute Gasteiger partial charge is 0.481 e. The molecule has 0 aliphatic heterocycles. The number of carboxylic acid groups (broad SMARTS) is 1. The summed E-state index contributed by atoms with van der Waals surface area (Å²) in [6, 6.07) is 15.4. The van der Waals surface area contributed by atoms with Crippen molar-refractivity contribution in [2.24, 2.45) is 0 Å². The molecule has 0 unspecified atom stereocenters. The lowest BCUT2D eigenvalue weighted by atomic mass is 10.1. The van der Waals surface area contributed by atoms with Gasteiger partial charge in [0.1, 0.15) is 5.70 Å². The predicted molar refractivity (Wildman–Crippen MR) is 98.6 cm³/mol. The van der Waals surface area contributed by atoms with Crippen molar-refractivity contribution < 1.29 is 19.5 Å². The molecule has 134 valence electrons. The Morgan fingerprint density at radius 3 is 2.31 bits per heavy atom. The second kappa shape index (κ2) is 9.39. The molecule has 0 aliphatic rings. The van der Waals surface area contributed by atoms with E-state index in [9.17, 15) is 14.4 Å². The number of benzene rings is 2. The van der Waals surface area contributed by atoms with Crippen LogP contribution in [0.4, 0.5) is 0 Å². The van der Waals surface area contributed by atoms with E-state index < -0.39 is 17.8 Å². The molecule has 0 saturated carbocycles. The molecule has 6 nitrogen and oxygen atoms in total. The van der Waals surface area contributed by atoms with Crippen LogP contribution < -0.4 is 10.6 Å². The molecule has 2 rings (SSSR count). The summed E-state index contributed by atoms with van der Waals surface area (Å²) in [6.07, 6.45) is 1.29. The normalized spacial score (nSPS) is 10.9. The van der Waals surface area contributed by atoms with Crippen LogP contribution in [0.5, 0.6) is 0 Å². The number of hydrogen-bond donors (Lipinski definition) is 3. The molecule has 0 heterocycles. The van der Waals surface area contributed by atoms with Gasteiger partial charge in [0.2, 0.25) is 0 Å². The number of aliphatic carboxylic acids is 1. The summed E-state index contributed by atoms with van der Waals surface area (Å²) in [5.74, 6) is -2.15. The van der Waals surface area contributed by atoms with E-state index in [2.05, 4.69) is 10.6 Å². The third-order valence-electron chi connectivity index (χ3n) is 3.35. The van der Waals surface area contributed by atoms with Crippen molar-refractivity contribution in [3.05, 3.63) is 76.4 Å². The second-order valence-corrected chi connectivity index (χ2v) is 5.71. The Morgan fingerprint density at radius 1 is 1.00 bits per heavy atom. The van der Waals surface area contributed by atoms with Crippen molar-refractivity contribution in [1.29, 1.82) is 0 Å². The zero-order valence-corrected chi connectivity index (χ0v) is 14.5. The highest BCUT2D eigenvalue weighted by atomic mass is 35.5. The Bertz CT molecular complexity index is 834. The number of halogens is 1. The summed E-state index contributed by atoms with van der Waals surface area (Å²) in [7, 11) is 0. The quantitative estimate of drug-likeness (QED) is 0.651. The Kier molecular flexibility index (Phi) is 6.93. The number of carbonyl (C=O) groups excluding carboxylic acids is 2. The monoisotopic (exact) mass is 372 g/mol. The average molecular weight is 373 g/mol. The highest BCUT2D eigenvalue weighted by Gasteiger charge is 2.16. The molecule has 0 spiro atoms. The first-order valence-corrected chi connectivity index (χ1v) is 8.18. The van der Waals surface area contributed by atoms with Gasteiger partial charge in [0.25, 0.3) is 11.8 Å². The van der Waals surface area contributed by atoms with Crippen LogP contribution in [0.3, 0.4) is 0 Å². The van der Waals surface area contributed by atoms with Crippen LogP contribution in [-0.2, 0) is 9.59 Å². The number of amides is 2. The van der Waals surface area contributed by atoms with Gasteiger partial charge in [0, 0.05) is 6.54 Å². The molecule has 0 fully saturated rings. The summed E-state index contributed by atoms with van der Waals surface area (Å²) in [5.41, 5.74) is 0.924. The van der Waals surface area contributed by atoms with E-state index in [-0.39, 0.29) is 29.2 Å². The van der Waals surface area contributed by atoms with Crippen LogP contribution in [0.25, 0.3) is 6.08 Å². The zero-order chi connectivity index (χ0) is 18.9. The van der Waals surface area contributed by atoms with Gasteiger partial charge in [-0.1, -0.05) is 54.1 Å². The van der Waals surface area contributed by atoms with Crippen molar-refractivity contribution in [3.63, 3.8) is 0 Å². The lowest BCUT2D eigenvalue weighted by Crippen LogP contribution is -2.35. The first-order valence-electron chi connectivity index (χ1n) is 7.80. The van der Waals surface area contributed by atoms with Gasteiger partial charge in [-0.2, -0.15) is 0 Å². The molecular weight excluding hydrogens is 356 g/mol. The van der Waals surface area contributed by atoms with E-state index in [0.29, 0.717) is 5.56 Å². The summed E-state index contributed by atoms with van der Waals surface area (Å²) in [6.45, 7) is -0.0533. The van der Waals surface area contributed by atoms with Crippen LogP contribution in [-0.4, -0.2) is 29.4 Å². The van der Waals surface area contributed by atoms with E-state index in [1.165, 1.54) is 6.08 Å². The zero-order valence-electron chi connectivity index (χ0n) is 13.7. The minimum Gasteiger partial charge on any atom is -0.481 e. The van der Waals surface area contributed by atoms with Gasteiger partial charge in [-0.3, -0.25) is 14.4 Å². The van der Waals surface area contributed by atoms with Crippen molar-refractivity contribution in [1.82, 2.24) is 10.6 Å². The average Bonchev–Trinajstić information content (AvgIpc) is 2.62. The molecule has 0 aliphatic carbocycles. The fourth-order valence-electron chi connectivity index (χ4n) is 2.09. The molecular formula is C19H17ClN2O4. The van der Waals surface area contributed by atoms with Crippen molar-refractivity contribution >= 4 is 35.5 Å². The van der Waals surface area contributed by atoms with Crippen LogP contribution >= 0.6 is 11.6 Å². The molecule has 0 atom stereocenters. The number of carboxylic acids is 1. The number of carbonyl (C=O) groups is 3. The third-order valence-corrected chi connectivity index (χ3v) is 3.68. The Balaban J connectivity index is 2.21. The van der Waals surface area contributed by atoms with E-state index >= 15 is 0 Å². The Hall–Kier alpha value is -3.12. The highest BCUT2D eigenvalue weighted by Crippen LogP contribution is 2.15. The van der Waals surface area contributed by atoms with Gasteiger partial charge < -0.3 is 15.7 Å². The molecule has 2 amide bonds. The van der Waals surface area contributed by atoms with Gasteiger partial charge in [-0.05, 0) is 23.8 Å². The fourth-order valence-corrected chi connectivity index (χ4v) is 2.31. The summed E-state index contributed by atoms with van der Waals surface area (Å²) >= 11 is 6.01. The standard InChI is InChI=1S/C19H17ClN2O4/c20-15-9-5-4-8-14(15)18(25)22-16(12-13-6-2-1-3-7-13)19(26)21-11-10-17(23)24/h1-9,12H,10-11H2,(H,21,26)(H,22,25)(H,23,24). The van der Waals surface area contributed by atoms with Crippen LogP contribution in [0.2, 0.25) is 5.02 Å². The second-order valence-electron chi connectivity index (χ2n) is 5.30. The minimum atomic E-state index is -1.03. The molecule has 0 radical (unpaired) electrons. The fraction of sp³-hybridized carbons (Fsp3) is 0.105. The smallest absolute Gasteiger partial charge is 0.305 e. The third kappa shape index (κ3) is 5.75. The number of nitrogens with one attached hydrogen (secondary N) is 2. The predicted octanol–water partition coefficient (Wildman–Crippen LogP) is 2.70. The van der Waals surface area contributed by atoms with Gasteiger partial charge in [-0.25, -0.2) is 0 Å². The van der Waals surface area contributed by atoms with Crippen LogP contribution in [0.1, 0.15) is 22.3 Å². The van der Waals surface area contributed by atoms with Gasteiger partial charge >= 0.3 is 5.97 Å². The maximum atomic E-state index is 12.4. The van der Waals surface area contributed by atoms with E-state index in [4.69, 9.17) is 16.7 Å². The van der Waals surface area contributed by atoms with Crippen LogP contribution in [0.15, 0.2) is 60.3 Å². The maximum absolute atomic E-state index is 12.4. The van der Waals surface area contributed by atoms with Crippen molar-refractivity contribution in [2.45, 2.75) is 6.42 Å². The molecule has 0 bridgehead atoms. The summed E-state index contributed by atoms with van der Waals surface area (Å²) in [4.78, 5) is 35.4. The SMILES string of the molecule is O=C(O)CCNC(=O)C(=Cc1ccccc1)NC(=O)c1ccccc1Cl. The van der Waals surface area contributed by atoms with Gasteiger partial charge in [-0.15, -0.1) is 0 Å². The molecule has 7 heteroatoms. The van der Waals surface area contributed by atoms with Crippen molar-refractivity contribution in [2.75, 3.05) is 6.54 Å². The lowest BCUT2D eigenvalue weighted by Gasteiger charge is -2.11. The molecule has 0 saturated heterocycles. The molecule has 26 heavy (non-hydrogen) atoms. The first kappa shape index (κ1) is 19.2. The molecule has 0 aromatic heterocycles. The molecule has 3 N–H and O–H groups in total. The van der Waals surface area contributed by atoms with Gasteiger partial charge in [0.05, 0.1) is 17.0 Å². The van der Waals surface area contributed by atoms with Crippen molar-refractivity contribution in [3.8, 4) is 0 Å². The Labute approximate surface area is 155 Å². The summed E-state index contributed by atoms with van der Waals surface area (Å²) in [5, 5.41) is 13.9. The maximum Gasteiger partial charge on any atom is 0.305 e. The van der Waals surface area contributed by atoms with E-state index in [1.807, 2.05) is 6.07 Å². The van der Waals surface area contributed by atoms with E-state index in [0.717, 1.165) is 0 Å². The molecule has 2 aromatic carbocycles. The Morgan fingerprint density at radius 2 is 1.65 bits per heavy atom. The van der Waals surface area contributed by atoms with Gasteiger partial charge in [0.15, 0.2) is 0 Å². The number of hydrogen-bond acceptors (Lipinski definition) is 3. The van der Waals surface area contributed by atoms with E-state index in [1.54, 1.807) is 48.5 Å². The molecule has 2 aromatic rings. The summed E-state index contributed by atoms with van der Waals surface area (Å²) < 4.78 is 0. The topological polar surface area (TPSA) is 95.5 Å².